The molecule has 0 fully saturated rings. The van der Waals surface area contributed by atoms with E-state index in [4.69, 9.17) is 4.74 Å². The van der Waals surface area contributed by atoms with Crippen LogP contribution in [-0.2, 0) is 16.1 Å². The number of hydrogen-bond acceptors (Lipinski definition) is 8. The maximum Gasteiger partial charge on any atom is 0.350 e. The highest BCUT2D eigenvalue weighted by Crippen LogP contribution is 2.23. The molecular weight excluding hydrogens is 352 g/mol. The van der Waals surface area contributed by atoms with Gasteiger partial charge in [-0.05, 0) is 13.8 Å². The number of hydrogen-bond donors (Lipinski definition) is 1. The Morgan fingerprint density at radius 2 is 2.16 bits per heavy atom. The van der Waals surface area contributed by atoms with Crippen LogP contribution in [0.4, 0.5) is 10.8 Å². The summed E-state index contributed by atoms with van der Waals surface area (Å²) in [5.41, 5.74) is -0.448. The van der Waals surface area contributed by atoms with Gasteiger partial charge in [0.1, 0.15) is 11.4 Å². The number of carbonyl (C=O) groups is 2. The summed E-state index contributed by atoms with van der Waals surface area (Å²) in [6, 6.07) is 2.07. The van der Waals surface area contributed by atoms with Gasteiger partial charge >= 0.3 is 5.97 Å². The van der Waals surface area contributed by atoms with Crippen molar-refractivity contribution in [2.45, 2.75) is 20.4 Å². The lowest BCUT2D eigenvalue weighted by Gasteiger charge is -2.04. The number of nitrogens with zero attached hydrogens (tertiary/aromatic N) is 3. The number of nitro groups is 1. The summed E-state index contributed by atoms with van der Waals surface area (Å²) in [7, 11) is 0. The summed E-state index contributed by atoms with van der Waals surface area (Å²) in [4.78, 5) is 49.9. The number of thiazole rings is 1. The van der Waals surface area contributed by atoms with Crippen molar-refractivity contribution in [3.05, 3.63) is 49.4 Å². The van der Waals surface area contributed by atoms with Crippen LogP contribution in [0.15, 0.2) is 23.1 Å². The lowest BCUT2D eigenvalue weighted by molar-refractivity contribution is -0.385. The molecule has 2 aromatic heterocycles. The summed E-state index contributed by atoms with van der Waals surface area (Å²) in [5.74, 6) is -1.14. The van der Waals surface area contributed by atoms with E-state index in [1.165, 1.54) is 0 Å². The summed E-state index contributed by atoms with van der Waals surface area (Å²) in [5, 5.41) is 13.4. The Bertz CT molecular complexity index is 888. The molecule has 2 heterocycles. The highest BCUT2D eigenvalue weighted by atomic mass is 32.1. The molecule has 2 aromatic rings. The molecule has 10 nitrogen and oxygen atoms in total. The normalized spacial score (nSPS) is 10.3. The maximum atomic E-state index is 12.0. The second-order valence-corrected chi connectivity index (χ2v) is 5.81. The number of esters is 1. The van der Waals surface area contributed by atoms with E-state index in [1.54, 1.807) is 13.8 Å². The summed E-state index contributed by atoms with van der Waals surface area (Å²) < 4.78 is 5.80. The Kier molecular flexibility index (Phi) is 5.60. The monoisotopic (exact) mass is 366 g/mol. The molecule has 25 heavy (non-hydrogen) atoms. The molecule has 0 unspecified atom stereocenters. The first kappa shape index (κ1) is 18.3. The van der Waals surface area contributed by atoms with Crippen LogP contribution in [0.3, 0.4) is 0 Å². The number of pyridine rings is 1. The zero-order valence-corrected chi connectivity index (χ0v) is 14.2. The van der Waals surface area contributed by atoms with E-state index in [1.807, 2.05) is 0 Å². The lowest BCUT2D eigenvalue weighted by Crippen LogP contribution is -2.26. The fourth-order valence-corrected chi connectivity index (χ4v) is 2.78. The van der Waals surface area contributed by atoms with Crippen molar-refractivity contribution in [2.24, 2.45) is 0 Å². The van der Waals surface area contributed by atoms with Gasteiger partial charge in [-0.15, -0.1) is 0 Å². The smallest absolute Gasteiger partial charge is 0.350 e. The van der Waals surface area contributed by atoms with Crippen LogP contribution in [0.2, 0.25) is 0 Å². The number of nitrogens with one attached hydrogen (secondary N) is 1. The third kappa shape index (κ3) is 4.47. The van der Waals surface area contributed by atoms with Crippen molar-refractivity contribution < 1.29 is 19.2 Å². The standard InChI is InChI=1S/C14H14N4O6S/c1-3-24-13(21)12-8(2)15-14(25-12)16-10(19)7-17-6-9(18(22)23)4-5-11(17)20/h4-6H,3,7H2,1-2H3,(H,15,16,19). The molecule has 1 N–H and O–H groups in total. The predicted molar refractivity (Wildman–Crippen MR) is 88.8 cm³/mol. The Morgan fingerprint density at radius 3 is 2.80 bits per heavy atom. The van der Waals surface area contributed by atoms with Crippen LogP contribution in [0.5, 0.6) is 0 Å². The summed E-state index contributed by atoms with van der Waals surface area (Å²) in [6.07, 6.45) is 0.985. The molecule has 0 aromatic carbocycles. The molecule has 0 aliphatic carbocycles. The minimum Gasteiger partial charge on any atom is -0.462 e. The van der Waals surface area contributed by atoms with Gasteiger partial charge in [0.05, 0.1) is 23.4 Å². The molecule has 0 saturated heterocycles. The van der Waals surface area contributed by atoms with Gasteiger partial charge in [0.2, 0.25) is 5.91 Å². The molecule has 0 atom stereocenters. The van der Waals surface area contributed by atoms with Gasteiger partial charge in [0.15, 0.2) is 5.13 Å². The van der Waals surface area contributed by atoms with Gasteiger partial charge in [-0.1, -0.05) is 11.3 Å². The molecule has 0 radical (unpaired) electrons. The van der Waals surface area contributed by atoms with Gasteiger partial charge in [0, 0.05) is 12.1 Å². The molecular formula is C14H14N4O6S. The van der Waals surface area contributed by atoms with E-state index in [2.05, 4.69) is 10.3 Å². The Balaban J connectivity index is 2.12. The van der Waals surface area contributed by atoms with Crippen molar-refractivity contribution in [1.29, 1.82) is 0 Å². The lowest BCUT2D eigenvalue weighted by atomic mass is 10.4. The molecule has 2 rings (SSSR count). The fourth-order valence-electron chi connectivity index (χ4n) is 1.90. The van der Waals surface area contributed by atoms with Gasteiger partial charge < -0.3 is 10.1 Å². The molecule has 132 valence electrons. The quantitative estimate of drug-likeness (QED) is 0.463. The average molecular weight is 366 g/mol. The van der Waals surface area contributed by atoms with Crippen molar-refractivity contribution in [1.82, 2.24) is 9.55 Å². The fraction of sp³-hybridized carbons (Fsp3) is 0.286. The topological polar surface area (TPSA) is 133 Å². The molecule has 11 heteroatoms. The van der Waals surface area contributed by atoms with Crippen molar-refractivity contribution in [3.63, 3.8) is 0 Å². The molecule has 0 bridgehead atoms. The molecule has 1 amide bonds. The van der Waals surface area contributed by atoms with Crippen LogP contribution < -0.4 is 10.9 Å². The molecule has 0 aliphatic rings. The number of carbonyl (C=O) groups excluding carboxylic acids is 2. The maximum absolute atomic E-state index is 12.0. The van der Waals surface area contributed by atoms with Crippen molar-refractivity contribution in [3.8, 4) is 0 Å². The zero-order valence-electron chi connectivity index (χ0n) is 13.3. The van der Waals surface area contributed by atoms with Crippen LogP contribution >= 0.6 is 11.3 Å². The first-order valence-corrected chi connectivity index (χ1v) is 7.92. The third-order valence-electron chi connectivity index (χ3n) is 3.00. The largest absolute Gasteiger partial charge is 0.462 e. The van der Waals surface area contributed by atoms with Crippen LogP contribution in [-0.4, -0.2) is 33.0 Å². The van der Waals surface area contributed by atoms with E-state index in [0.29, 0.717) is 5.69 Å². The highest BCUT2D eigenvalue weighted by Gasteiger charge is 2.18. The van der Waals surface area contributed by atoms with Gasteiger partial charge in [-0.2, -0.15) is 0 Å². The van der Waals surface area contributed by atoms with Gasteiger partial charge in [0.25, 0.3) is 11.2 Å². The highest BCUT2D eigenvalue weighted by molar-refractivity contribution is 7.17. The molecule has 0 spiro atoms. The minimum absolute atomic E-state index is 0.170. The number of amides is 1. The number of aromatic nitrogens is 2. The SMILES string of the molecule is CCOC(=O)c1sc(NC(=O)Cn2cc([N+](=O)[O-])ccc2=O)nc1C. The van der Waals surface area contributed by atoms with Gasteiger partial charge in [-0.3, -0.25) is 24.3 Å². The average Bonchev–Trinajstić information content (AvgIpc) is 2.89. The van der Waals surface area contributed by atoms with Crippen LogP contribution in [0.25, 0.3) is 0 Å². The first-order chi connectivity index (χ1) is 11.8. The number of aryl methyl sites for hydroxylation is 1. The zero-order chi connectivity index (χ0) is 18.6. The second-order valence-electron chi connectivity index (χ2n) is 4.81. The van der Waals surface area contributed by atoms with E-state index in [0.717, 1.165) is 34.2 Å². The number of anilines is 1. The second kappa shape index (κ2) is 7.66. The number of rotatable bonds is 6. The Hall–Kier alpha value is -3.08. The van der Waals surface area contributed by atoms with Crippen molar-refractivity contribution in [2.75, 3.05) is 11.9 Å². The molecule has 0 saturated carbocycles. The van der Waals surface area contributed by atoms with E-state index >= 15 is 0 Å². The molecule has 0 aliphatic heterocycles. The van der Waals surface area contributed by atoms with E-state index in [9.17, 15) is 24.5 Å². The van der Waals surface area contributed by atoms with Crippen molar-refractivity contribution >= 4 is 34.0 Å². The van der Waals surface area contributed by atoms with Crippen LogP contribution in [0, 0.1) is 17.0 Å². The first-order valence-electron chi connectivity index (χ1n) is 7.11. The number of ether oxygens (including phenoxy) is 1. The van der Waals surface area contributed by atoms with E-state index in [-0.39, 0.29) is 22.3 Å². The summed E-state index contributed by atoms with van der Waals surface area (Å²) >= 11 is 0.945. The predicted octanol–water partition coefficient (Wildman–Crippen LogP) is 1.34. The van der Waals surface area contributed by atoms with Gasteiger partial charge in [-0.25, -0.2) is 9.78 Å². The van der Waals surface area contributed by atoms with E-state index < -0.39 is 28.9 Å². The summed E-state index contributed by atoms with van der Waals surface area (Å²) in [6.45, 7) is 3.07. The van der Waals surface area contributed by atoms with Crippen LogP contribution in [0.1, 0.15) is 22.3 Å². The Morgan fingerprint density at radius 1 is 1.44 bits per heavy atom. The minimum atomic E-state index is -0.663. The third-order valence-corrected chi connectivity index (χ3v) is 4.05. The Labute approximate surface area is 145 Å².